The van der Waals surface area contributed by atoms with Gasteiger partial charge in [0.15, 0.2) is 0 Å². The topological polar surface area (TPSA) is 70.0 Å². The Morgan fingerprint density at radius 3 is 0.818 bits per heavy atom. The fourth-order valence-corrected chi connectivity index (χ4v) is 2.64. The molecule has 0 rings (SSSR count). The van der Waals surface area contributed by atoms with E-state index in [-0.39, 0.29) is 63.2 Å². The van der Waals surface area contributed by atoms with Crippen LogP contribution in [0.2, 0.25) is 0 Å². The minimum absolute atomic E-state index is 0. The molecule has 6 N–H and O–H groups in total. The van der Waals surface area contributed by atoms with E-state index in [1.165, 1.54) is 82.0 Å². The summed E-state index contributed by atoms with van der Waals surface area (Å²) in [6.45, 7) is 15.0. The maximum atomic E-state index is 2.33. The molecule has 0 aliphatic heterocycles. The first-order valence-corrected chi connectivity index (χ1v) is 8.09. The van der Waals surface area contributed by atoms with Crippen molar-refractivity contribution < 1.29 is 21.5 Å². The molecular weight excluding hydrogens is 474 g/mol. The highest BCUT2D eigenvalue weighted by Gasteiger charge is 2.24. The monoisotopic (exact) mass is 515 g/mol. The van der Waals surface area contributed by atoms with Gasteiger partial charge in [0.2, 0.25) is 0 Å². The Hall–Kier alpha value is 1.32. The van der Waals surface area contributed by atoms with Crippen molar-refractivity contribution in [1.29, 1.82) is 0 Å². The van der Waals surface area contributed by atoms with Crippen molar-refractivity contribution in [2.45, 2.75) is 79.1 Å². The summed E-state index contributed by atoms with van der Waals surface area (Å²) < 4.78 is 1.42. The summed E-state index contributed by atoms with van der Waals surface area (Å²) in [6, 6.07) is 0. The first-order valence-electron chi connectivity index (χ1n) is 8.09. The van der Waals surface area contributed by atoms with Crippen LogP contribution in [-0.4, -0.2) is 30.7 Å². The fourth-order valence-electron chi connectivity index (χ4n) is 2.64. The molecule has 0 aliphatic rings. The SMILES string of the molecule is Br.Br.CCCC[N+](CCCC)(CCCC)CCCC.N.N.[Br-]. The van der Waals surface area contributed by atoms with Crippen molar-refractivity contribution in [1.82, 2.24) is 12.3 Å². The van der Waals surface area contributed by atoms with E-state index in [4.69, 9.17) is 0 Å². The smallest absolute Gasteiger partial charge is 0.0786 e. The predicted octanol–water partition coefficient (Wildman–Crippen LogP) is 3.49. The number of unbranched alkanes of at least 4 members (excludes halogenated alkanes) is 4. The molecule has 0 aliphatic carbocycles. The number of halogens is 3. The Kier molecular flexibility index (Phi) is 47.8. The Morgan fingerprint density at radius 1 is 0.500 bits per heavy atom. The van der Waals surface area contributed by atoms with Gasteiger partial charge < -0.3 is 33.8 Å². The molecule has 0 saturated carbocycles. The van der Waals surface area contributed by atoms with Crippen molar-refractivity contribution in [2.75, 3.05) is 26.2 Å². The van der Waals surface area contributed by atoms with Crippen LogP contribution < -0.4 is 29.3 Å². The number of quaternary nitrogens is 1. The lowest BCUT2D eigenvalue weighted by Crippen LogP contribution is -3.00. The van der Waals surface area contributed by atoms with E-state index in [0.717, 1.165) is 0 Å². The Bertz CT molecular complexity index is 135. The average molecular weight is 518 g/mol. The first-order chi connectivity index (χ1) is 8.24. The molecule has 0 aromatic rings. The zero-order chi connectivity index (χ0) is 13.0. The molecule has 0 saturated heterocycles. The van der Waals surface area contributed by atoms with E-state index in [1.807, 2.05) is 0 Å². The minimum Gasteiger partial charge on any atom is -1.00 e. The molecule has 0 spiro atoms. The van der Waals surface area contributed by atoms with Gasteiger partial charge in [0.05, 0.1) is 26.2 Å². The number of nitrogens with zero attached hydrogens (tertiary/aromatic N) is 1. The summed E-state index contributed by atoms with van der Waals surface area (Å²) in [7, 11) is 0. The van der Waals surface area contributed by atoms with Crippen LogP contribution in [0.25, 0.3) is 0 Å². The molecule has 0 heterocycles. The number of hydrogen-bond donors (Lipinski definition) is 2. The zero-order valence-corrected chi connectivity index (χ0v) is 20.6. The van der Waals surface area contributed by atoms with Crippen molar-refractivity contribution in [3.63, 3.8) is 0 Å². The van der Waals surface area contributed by atoms with E-state index >= 15 is 0 Å². The number of hydrogen-bond acceptors (Lipinski definition) is 2. The normalized spacial score (nSPS) is 9.27. The van der Waals surface area contributed by atoms with Crippen LogP contribution in [-0.2, 0) is 0 Å². The molecule has 0 radical (unpaired) electrons. The Balaban J connectivity index is -0.000000128. The lowest BCUT2D eigenvalue weighted by molar-refractivity contribution is -0.929. The average Bonchev–Trinajstić information content (AvgIpc) is 2.37. The Labute approximate surface area is 172 Å². The lowest BCUT2D eigenvalue weighted by Gasteiger charge is -2.39. The largest absolute Gasteiger partial charge is 1.00 e. The van der Waals surface area contributed by atoms with Crippen LogP contribution >= 0.6 is 34.0 Å². The molecule has 0 aromatic heterocycles. The molecule has 144 valence electrons. The molecule has 6 heteroatoms. The molecule has 0 atom stereocenters. The quantitative estimate of drug-likeness (QED) is 0.389. The standard InChI is InChI=1S/C16H36N.3BrH.2H3N/c1-5-9-13-17(14-10-6-2,15-11-7-3)16-12-8-4;;;;;/h5-16H2,1-4H3;3*1H;2*1H3/q+1;;;;;/p-1. The zero-order valence-electron chi connectivity index (χ0n) is 15.5. The minimum atomic E-state index is 0. The molecule has 22 heavy (non-hydrogen) atoms. The summed E-state index contributed by atoms with van der Waals surface area (Å²) >= 11 is 0. The summed E-state index contributed by atoms with van der Waals surface area (Å²) in [5.41, 5.74) is 0. The fraction of sp³-hybridized carbons (Fsp3) is 1.00. The second-order valence-corrected chi connectivity index (χ2v) is 5.65. The van der Waals surface area contributed by atoms with Crippen LogP contribution in [0.15, 0.2) is 0 Å². The Morgan fingerprint density at radius 2 is 0.682 bits per heavy atom. The van der Waals surface area contributed by atoms with Gasteiger partial charge in [0.1, 0.15) is 0 Å². The molecule has 3 nitrogen and oxygen atoms in total. The maximum absolute atomic E-state index is 2.33. The van der Waals surface area contributed by atoms with Crippen LogP contribution in [0.5, 0.6) is 0 Å². The van der Waals surface area contributed by atoms with Gasteiger partial charge in [0, 0.05) is 0 Å². The van der Waals surface area contributed by atoms with Crippen molar-refractivity contribution in [3.05, 3.63) is 0 Å². The first kappa shape index (κ1) is 38.7. The molecular formula is C16H44Br3N3. The summed E-state index contributed by atoms with van der Waals surface area (Å²) in [5.74, 6) is 0. The van der Waals surface area contributed by atoms with E-state index in [0.29, 0.717) is 0 Å². The van der Waals surface area contributed by atoms with Crippen LogP contribution in [0.4, 0.5) is 0 Å². The third-order valence-electron chi connectivity index (χ3n) is 3.94. The summed E-state index contributed by atoms with van der Waals surface area (Å²) in [5, 5.41) is 0. The predicted molar refractivity (Wildman–Crippen MR) is 110 cm³/mol. The van der Waals surface area contributed by atoms with E-state index in [2.05, 4.69) is 27.7 Å². The van der Waals surface area contributed by atoms with E-state index in [9.17, 15) is 0 Å². The highest BCUT2D eigenvalue weighted by atomic mass is 79.9. The molecule has 0 bridgehead atoms. The third kappa shape index (κ3) is 19.4. The third-order valence-corrected chi connectivity index (χ3v) is 3.94. The summed E-state index contributed by atoms with van der Waals surface area (Å²) in [6.07, 6.45) is 11.1. The highest BCUT2D eigenvalue weighted by molar-refractivity contribution is 8.93. The second kappa shape index (κ2) is 27.2. The van der Waals surface area contributed by atoms with Gasteiger partial charge in [-0.15, -0.1) is 34.0 Å². The van der Waals surface area contributed by atoms with Crippen molar-refractivity contribution >= 4 is 34.0 Å². The maximum Gasteiger partial charge on any atom is 0.0786 e. The van der Waals surface area contributed by atoms with Crippen LogP contribution in [0.1, 0.15) is 79.1 Å². The van der Waals surface area contributed by atoms with Crippen LogP contribution in [0.3, 0.4) is 0 Å². The van der Waals surface area contributed by atoms with E-state index < -0.39 is 0 Å². The molecule has 0 fully saturated rings. The van der Waals surface area contributed by atoms with Gasteiger partial charge in [-0.1, -0.05) is 53.4 Å². The van der Waals surface area contributed by atoms with Crippen molar-refractivity contribution in [3.8, 4) is 0 Å². The van der Waals surface area contributed by atoms with Gasteiger partial charge in [-0.25, -0.2) is 0 Å². The van der Waals surface area contributed by atoms with E-state index in [1.54, 1.807) is 0 Å². The molecule has 0 amide bonds. The highest BCUT2D eigenvalue weighted by Crippen LogP contribution is 2.16. The van der Waals surface area contributed by atoms with Gasteiger partial charge in [-0.2, -0.15) is 0 Å². The van der Waals surface area contributed by atoms with Gasteiger partial charge in [-0.05, 0) is 25.7 Å². The van der Waals surface area contributed by atoms with Gasteiger partial charge in [0.25, 0.3) is 0 Å². The summed E-state index contributed by atoms with van der Waals surface area (Å²) in [4.78, 5) is 0. The molecule has 0 unspecified atom stereocenters. The van der Waals surface area contributed by atoms with Gasteiger partial charge >= 0.3 is 0 Å². The van der Waals surface area contributed by atoms with Crippen LogP contribution in [0, 0.1) is 0 Å². The second-order valence-electron chi connectivity index (χ2n) is 5.65. The lowest BCUT2D eigenvalue weighted by atomic mass is 10.1. The van der Waals surface area contributed by atoms with Gasteiger partial charge in [-0.3, -0.25) is 0 Å². The number of rotatable bonds is 12. The molecule has 0 aromatic carbocycles. The van der Waals surface area contributed by atoms with Crippen molar-refractivity contribution in [2.24, 2.45) is 0 Å².